The van der Waals surface area contributed by atoms with Crippen LogP contribution in [0.15, 0.2) is 60.8 Å². The Labute approximate surface area is 301 Å². The van der Waals surface area contributed by atoms with Crippen molar-refractivity contribution in [3.8, 4) is 28.3 Å². The third-order valence-corrected chi connectivity index (χ3v) is 10.0. The Morgan fingerprint density at radius 1 is 0.980 bits per heavy atom. The van der Waals surface area contributed by atoms with Crippen molar-refractivity contribution in [2.45, 2.75) is 57.8 Å². The van der Waals surface area contributed by atoms with Crippen LogP contribution in [0.4, 0.5) is 15.9 Å². The number of nitrogens with one attached hydrogen (secondary N) is 4. The molecule has 0 saturated carbocycles. The number of ether oxygens (including phenoxy) is 1. The van der Waals surface area contributed by atoms with E-state index in [9.17, 15) is 9.59 Å². The number of rotatable bonds is 12. The first kappa shape index (κ1) is 35.5. The highest BCUT2D eigenvalue weighted by molar-refractivity contribution is 6.39. The van der Waals surface area contributed by atoms with Gasteiger partial charge in [-0.25, -0.2) is 14.4 Å². The molecule has 0 bridgehead atoms. The Kier molecular flexibility index (Phi) is 11.5. The second-order valence-corrected chi connectivity index (χ2v) is 13.3. The lowest BCUT2D eigenvalue weighted by molar-refractivity contribution is -0.130. The summed E-state index contributed by atoms with van der Waals surface area (Å²) < 4.78 is 21.3. The van der Waals surface area contributed by atoms with Gasteiger partial charge in [0.25, 0.3) is 0 Å². The van der Waals surface area contributed by atoms with E-state index in [0.29, 0.717) is 83.8 Å². The fraction of sp³-hybridized carbons (Fsp3) is 0.351. The number of benzene rings is 2. The predicted octanol–water partition coefficient (Wildman–Crippen LogP) is 6.48. The lowest BCUT2D eigenvalue weighted by Gasteiger charge is -2.31. The normalized spacial score (nSPS) is 16.4. The third-order valence-electron chi connectivity index (χ3n) is 9.23. The van der Waals surface area contributed by atoms with E-state index < -0.39 is 5.82 Å². The van der Waals surface area contributed by atoms with E-state index in [4.69, 9.17) is 32.9 Å². The topological polar surface area (TPSA) is 121 Å². The number of anilines is 2. The van der Waals surface area contributed by atoms with Gasteiger partial charge in [-0.15, -0.1) is 0 Å². The molecule has 2 aliphatic heterocycles. The molecule has 2 amide bonds. The van der Waals surface area contributed by atoms with Crippen LogP contribution in [-0.4, -0.2) is 65.5 Å². The van der Waals surface area contributed by atoms with E-state index in [2.05, 4.69) is 26.3 Å². The quantitative estimate of drug-likeness (QED) is 0.131. The largest absolute Gasteiger partial charge is 0.481 e. The summed E-state index contributed by atoms with van der Waals surface area (Å²) in [6.07, 6.45) is 4.63. The van der Waals surface area contributed by atoms with Crippen LogP contribution in [0.1, 0.15) is 43.7 Å². The second-order valence-electron chi connectivity index (χ2n) is 12.6. The number of amides is 2. The van der Waals surface area contributed by atoms with Gasteiger partial charge in [0.05, 0.1) is 28.5 Å². The summed E-state index contributed by atoms with van der Waals surface area (Å²) in [5, 5.41) is 13.6. The molecule has 2 aliphatic rings. The molecule has 2 aromatic carbocycles. The molecular formula is C37H40Cl2FN7O3. The van der Waals surface area contributed by atoms with Crippen molar-refractivity contribution in [1.82, 2.24) is 30.8 Å². The maximum Gasteiger partial charge on any atom is 0.220 e. The summed E-state index contributed by atoms with van der Waals surface area (Å²) >= 11 is 13.9. The Morgan fingerprint density at radius 2 is 1.74 bits per heavy atom. The van der Waals surface area contributed by atoms with Crippen LogP contribution in [0, 0.1) is 5.82 Å². The van der Waals surface area contributed by atoms with Crippen molar-refractivity contribution in [1.29, 1.82) is 0 Å². The van der Waals surface area contributed by atoms with Gasteiger partial charge in [0, 0.05) is 92.2 Å². The molecule has 2 fully saturated rings. The van der Waals surface area contributed by atoms with E-state index in [1.165, 1.54) is 0 Å². The number of piperidine rings is 1. The molecule has 2 saturated heterocycles. The third kappa shape index (κ3) is 8.18. The fourth-order valence-corrected chi connectivity index (χ4v) is 7.00. The molecule has 1 unspecified atom stereocenters. The van der Waals surface area contributed by atoms with Gasteiger partial charge in [0.1, 0.15) is 5.82 Å². The summed E-state index contributed by atoms with van der Waals surface area (Å²) in [5.41, 5.74) is 4.25. The number of methoxy groups -OCH3 is 1. The first-order valence-corrected chi connectivity index (χ1v) is 17.5. The van der Waals surface area contributed by atoms with Crippen LogP contribution in [-0.2, 0) is 22.7 Å². The maximum atomic E-state index is 15.7. The first-order valence-electron chi connectivity index (χ1n) is 16.7. The molecule has 0 spiro atoms. The van der Waals surface area contributed by atoms with Gasteiger partial charge in [-0.2, -0.15) is 0 Å². The number of carbonyl (C=O) groups excluding carboxylic acids is 2. The van der Waals surface area contributed by atoms with Crippen LogP contribution < -0.4 is 26.0 Å². The number of nitrogens with zero attached hydrogens (tertiary/aromatic N) is 3. The number of aromatic nitrogens is 2. The lowest BCUT2D eigenvalue weighted by atomic mass is 10.0. The summed E-state index contributed by atoms with van der Waals surface area (Å²) in [4.78, 5) is 34.1. The van der Waals surface area contributed by atoms with Crippen LogP contribution in [0.2, 0.25) is 10.0 Å². The van der Waals surface area contributed by atoms with Crippen LogP contribution in [0.25, 0.3) is 22.4 Å². The molecule has 262 valence electrons. The minimum absolute atomic E-state index is 0.0839. The van der Waals surface area contributed by atoms with Crippen LogP contribution in [0.5, 0.6) is 5.88 Å². The summed E-state index contributed by atoms with van der Waals surface area (Å²) in [6.45, 7) is 4.52. The minimum Gasteiger partial charge on any atom is -0.481 e. The standard InChI is InChI=1S/C37H40Cl2FN7O3/c1-22(48)47-17-14-25(15-18-47)43-20-23-5-3-8-31(35(23)40)45-36-34(39)28(13-16-42-36)27-6-4-7-29(33(27)38)30-11-9-24(37(46-30)50-2)19-41-21-26-10-12-32(49)44-26/h3-9,11,13,16,25-26,41,43H,10,12,14-15,17-21H2,1-2H3,(H,42,45)(H,44,49). The molecule has 4 aromatic rings. The average Bonchev–Trinajstić information content (AvgIpc) is 3.54. The van der Waals surface area contributed by atoms with Crippen molar-refractivity contribution in [3.05, 3.63) is 87.8 Å². The Bertz CT molecular complexity index is 1870. The molecule has 4 heterocycles. The highest BCUT2D eigenvalue weighted by atomic mass is 35.5. The number of pyridine rings is 2. The number of hydrogen-bond donors (Lipinski definition) is 4. The molecule has 13 heteroatoms. The second kappa shape index (κ2) is 16.2. The summed E-state index contributed by atoms with van der Waals surface area (Å²) in [6, 6.07) is 16.7. The van der Waals surface area contributed by atoms with Gasteiger partial charge in [0.15, 0.2) is 5.82 Å². The Balaban J connectivity index is 1.16. The predicted molar refractivity (Wildman–Crippen MR) is 194 cm³/mol. The molecular weight excluding hydrogens is 680 g/mol. The van der Waals surface area contributed by atoms with Crippen molar-refractivity contribution in [2.24, 2.45) is 0 Å². The average molecular weight is 721 g/mol. The Hall–Kier alpha value is -4.29. The van der Waals surface area contributed by atoms with Crippen molar-refractivity contribution >= 4 is 46.5 Å². The zero-order valence-corrected chi connectivity index (χ0v) is 29.5. The number of halogens is 3. The molecule has 4 N–H and O–H groups in total. The summed E-state index contributed by atoms with van der Waals surface area (Å²) in [7, 11) is 1.58. The lowest BCUT2D eigenvalue weighted by Crippen LogP contribution is -2.44. The van der Waals surface area contributed by atoms with E-state index >= 15 is 4.39 Å². The zero-order valence-electron chi connectivity index (χ0n) is 28.0. The highest BCUT2D eigenvalue weighted by Gasteiger charge is 2.23. The SMILES string of the molecule is COc1nc(-c2cccc(-c3ccnc(Nc4cccc(CNC5CCN(C(C)=O)CC5)c4F)c3Cl)c2Cl)ccc1CNCC1CCC(=O)N1. The van der Waals surface area contributed by atoms with Crippen molar-refractivity contribution in [3.63, 3.8) is 0 Å². The van der Waals surface area contributed by atoms with Gasteiger partial charge in [-0.05, 0) is 37.5 Å². The van der Waals surface area contributed by atoms with E-state index in [1.54, 1.807) is 44.5 Å². The Morgan fingerprint density at radius 3 is 2.48 bits per heavy atom. The van der Waals surface area contributed by atoms with Gasteiger partial charge in [-0.1, -0.05) is 59.6 Å². The molecule has 10 nitrogen and oxygen atoms in total. The van der Waals surface area contributed by atoms with Gasteiger partial charge in [-0.3, -0.25) is 9.59 Å². The minimum atomic E-state index is -0.395. The first-order chi connectivity index (χ1) is 24.2. The van der Waals surface area contributed by atoms with E-state index in [1.807, 2.05) is 35.2 Å². The van der Waals surface area contributed by atoms with E-state index in [0.717, 1.165) is 24.8 Å². The maximum absolute atomic E-state index is 15.7. The van der Waals surface area contributed by atoms with Crippen LogP contribution >= 0.6 is 23.2 Å². The fourth-order valence-electron chi connectivity index (χ4n) is 6.41. The smallest absolute Gasteiger partial charge is 0.220 e. The number of carbonyl (C=O) groups is 2. The van der Waals surface area contributed by atoms with Gasteiger partial charge < -0.3 is 30.9 Å². The van der Waals surface area contributed by atoms with E-state index in [-0.39, 0.29) is 34.6 Å². The molecule has 0 radical (unpaired) electrons. The molecule has 0 aliphatic carbocycles. The highest BCUT2D eigenvalue weighted by Crippen LogP contribution is 2.41. The number of likely N-dealkylation sites (tertiary alicyclic amines) is 1. The summed E-state index contributed by atoms with van der Waals surface area (Å²) in [5.74, 6) is 0.537. The van der Waals surface area contributed by atoms with Crippen molar-refractivity contribution < 1.29 is 18.7 Å². The zero-order chi connectivity index (χ0) is 35.2. The van der Waals surface area contributed by atoms with Gasteiger partial charge >= 0.3 is 0 Å². The monoisotopic (exact) mass is 719 g/mol. The molecule has 1 atom stereocenters. The van der Waals surface area contributed by atoms with Crippen molar-refractivity contribution in [2.75, 3.05) is 32.1 Å². The number of hydrogen-bond acceptors (Lipinski definition) is 8. The molecule has 6 rings (SSSR count). The molecule has 2 aromatic heterocycles. The molecule has 50 heavy (non-hydrogen) atoms. The van der Waals surface area contributed by atoms with Crippen LogP contribution in [0.3, 0.4) is 0 Å². The van der Waals surface area contributed by atoms with Gasteiger partial charge in [0.2, 0.25) is 17.7 Å².